The molecule has 0 aromatic carbocycles. The Hall–Kier alpha value is -0.0900. The molecule has 3 nitrogen and oxygen atoms in total. The van der Waals surface area contributed by atoms with Crippen LogP contribution in [0.5, 0.6) is 0 Å². The van der Waals surface area contributed by atoms with Crippen molar-refractivity contribution in [3.05, 3.63) is 0 Å². The fourth-order valence-corrected chi connectivity index (χ4v) is 3.74. The van der Waals surface area contributed by atoms with E-state index in [0.717, 1.165) is 32.2 Å². The first-order valence-corrected chi connectivity index (χ1v) is 6.81. The lowest BCUT2D eigenvalue weighted by atomic mass is 10.00. The fraction of sp³-hybridized carbons (Fsp3) is 1.00. The minimum Gasteiger partial charge on any atom is -0.320 e. The van der Waals surface area contributed by atoms with Crippen LogP contribution in [0.1, 0.15) is 25.7 Å². The van der Waals surface area contributed by atoms with E-state index in [0.29, 0.717) is 17.4 Å². The van der Waals surface area contributed by atoms with E-state index in [1.807, 2.05) is 7.05 Å². The van der Waals surface area contributed by atoms with Crippen LogP contribution in [-0.4, -0.2) is 33.5 Å². The van der Waals surface area contributed by atoms with Crippen LogP contribution in [-0.2, 0) is 9.84 Å². The first-order valence-electron chi connectivity index (χ1n) is 4.99. The molecule has 0 spiro atoms. The second-order valence-corrected chi connectivity index (χ2v) is 6.10. The quantitative estimate of drug-likeness (QED) is 0.691. The van der Waals surface area contributed by atoms with Crippen LogP contribution in [0.25, 0.3) is 0 Å². The monoisotopic (exact) mass is 205 g/mol. The zero-order chi connectivity index (χ0) is 9.73. The summed E-state index contributed by atoms with van der Waals surface area (Å²) in [6.45, 7) is 0.997. The summed E-state index contributed by atoms with van der Waals surface area (Å²) in [5.74, 6) is 1.26. The van der Waals surface area contributed by atoms with Gasteiger partial charge in [0.2, 0.25) is 0 Å². The van der Waals surface area contributed by atoms with Crippen LogP contribution in [0.15, 0.2) is 0 Å². The van der Waals surface area contributed by atoms with Gasteiger partial charge in [0.15, 0.2) is 9.84 Å². The van der Waals surface area contributed by atoms with E-state index in [4.69, 9.17) is 0 Å². The molecule has 1 aliphatic heterocycles. The normalized spacial score (nSPS) is 27.3. The molecule has 0 aromatic heterocycles. The SMILES string of the molecule is CNCCCC1CCCS(=O)(=O)C1. The minimum atomic E-state index is -2.69. The van der Waals surface area contributed by atoms with Gasteiger partial charge in [-0.1, -0.05) is 0 Å². The van der Waals surface area contributed by atoms with E-state index >= 15 is 0 Å². The molecule has 0 saturated carbocycles. The lowest BCUT2D eigenvalue weighted by molar-refractivity contribution is 0.443. The van der Waals surface area contributed by atoms with Crippen LogP contribution in [0.4, 0.5) is 0 Å². The summed E-state index contributed by atoms with van der Waals surface area (Å²) >= 11 is 0. The predicted octanol–water partition coefficient (Wildman–Crippen LogP) is 0.811. The van der Waals surface area contributed by atoms with Crippen molar-refractivity contribution in [2.45, 2.75) is 25.7 Å². The highest BCUT2D eigenvalue weighted by molar-refractivity contribution is 7.91. The number of nitrogens with one attached hydrogen (secondary N) is 1. The Morgan fingerprint density at radius 2 is 2.23 bits per heavy atom. The van der Waals surface area contributed by atoms with Crippen molar-refractivity contribution in [3.8, 4) is 0 Å². The maximum atomic E-state index is 11.3. The molecule has 1 aliphatic rings. The van der Waals surface area contributed by atoms with Gasteiger partial charge in [-0.05, 0) is 45.2 Å². The van der Waals surface area contributed by atoms with E-state index in [1.54, 1.807) is 0 Å². The molecule has 78 valence electrons. The van der Waals surface area contributed by atoms with Crippen LogP contribution < -0.4 is 5.32 Å². The van der Waals surface area contributed by atoms with Crippen molar-refractivity contribution < 1.29 is 8.42 Å². The molecule has 4 heteroatoms. The van der Waals surface area contributed by atoms with Gasteiger partial charge in [0.1, 0.15) is 0 Å². The zero-order valence-corrected chi connectivity index (χ0v) is 9.07. The molecule has 1 rings (SSSR count). The summed E-state index contributed by atoms with van der Waals surface area (Å²) < 4.78 is 22.6. The highest BCUT2D eigenvalue weighted by atomic mass is 32.2. The Labute approximate surface area is 80.8 Å². The number of hydrogen-bond donors (Lipinski definition) is 1. The third-order valence-electron chi connectivity index (χ3n) is 2.60. The topological polar surface area (TPSA) is 46.2 Å². The Balaban J connectivity index is 2.27. The average Bonchev–Trinajstić information content (AvgIpc) is 2.03. The zero-order valence-electron chi connectivity index (χ0n) is 8.25. The molecule has 0 amide bonds. The van der Waals surface area contributed by atoms with Crippen LogP contribution in [0.3, 0.4) is 0 Å². The molecule has 13 heavy (non-hydrogen) atoms. The maximum Gasteiger partial charge on any atom is 0.150 e. The molecule has 1 atom stereocenters. The van der Waals surface area contributed by atoms with Crippen molar-refractivity contribution in [1.29, 1.82) is 0 Å². The van der Waals surface area contributed by atoms with Crippen molar-refractivity contribution >= 4 is 9.84 Å². The third-order valence-corrected chi connectivity index (χ3v) is 4.49. The molecule has 1 N–H and O–H groups in total. The van der Waals surface area contributed by atoms with E-state index in [-0.39, 0.29) is 0 Å². The van der Waals surface area contributed by atoms with E-state index in [1.165, 1.54) is 0 Å². The fourth-order valence-electron chi connectivity index (χ4n) is 1.91. The van der Waals surface area contributed by atoms with E-state index < -0.39 is 9.84 Å². The third kappa shape index (κ3) is 4.09. The van der Waals surface area contributed by atoms with Gasteiger partial charge < -0.3 is 5.32 Å². The lowest BCUT2D eigenvalue weighted by Gasteiger charge is -2.21. The van der Waals surface area contributed by atoms with Crippen LogP contribution >= 0.6 is 0 Å². The van der Waals surface area contributed by atoms with Gasteiger partial charge in [-0.25, -0.2) is 8.42 Å². The molecular weight excluding hydrogens is 186 g/mol. The smallest absolute Gasteiger partial charge is 0.150 e. The van der Waals surface area contributed by atoms with Crippen LogP contribution in [0, 0.1) is 5.92 Å². The van der Waals surface area contributed by atoms with Gasteiger partial charge >= 0.3 is 0 Å². The van der Waals surface area contributed by atoms with Gasteiger partial charge in [-0.3, -0.25) is 0 Å². The maximum absolute atomic E-state index is 11.3. The summed E-state index contributed by atoms with van der Waals surface area (Å²) in [6, 6.07) is 0. The van der Waals surface area contributed by atoms with Crippen molar-refractivity contribution in [1.82, 2.24) is 5.32 Å². The first-order chi connectivity index (χ1) is 6.14. The largest absolute Gasteiger partial charge is 0.320 e. The second-order valence-electron chi connectivity index (χ2n) is 3.87. The van der Waals surface area contributed by atoms with Gasteiger partial charge in [0.05, 0.1) is 11.5 Å². The Morgan fingerprint density at radius 3 is 2.85 bits per heavy atom. The van der Waals surface area contributed by atoms with Gasteiger partial charge in [0.25, 0.3) is 0 Å². The average molecular weight is 205 g/mol. The number of sulfone groups is 1. The Kier molecular flexibility index (Phi) is 4.19. The van der Waals surface area contributed by atoms with Crippen molar-refractivity contribution in [3.63, 3.8) is 0 Å². The molecule has 0 bridgehead atoms. The molecule has 0 radical (unpaired) electrons. The molecular formula is C9H19NO2S. The number of rotatable bonds is 4. The Bertz CT molecular complexity index is 236. The molecule has 1 fully saturated rings. The molecule has 1 saturated heterocycles. The summed E-state index contributed by atoms with van der Waals surface area (Å²) in [7, 11) is -0.761. The Morgan fingerprint density at radius 1 is 1.46 bits per heavy atom. The highest BCUT2D eigenvalue weighted by Gasteiger charge is 2.23. The summed E-state index contributed by atoms with van der Waals surface area (Å²) in [6.07, 6.45) is 4.12. The van der Waals surface area contributed by atoms with Crippen LogP contribution in [0.2, 0.25) is 0 Å². The first kappa shape index (κ1) is 11.0. The second kappa shape index (κ2) is 4.96. The standard InChI is InChI=1S/C9H19NO2S/c1-10-6-2-4-9-5-3-7-13(11,12)8-9/h9-10H,2-8H2,1H3. The van der Waals surface area contributed by atoms with Gasteiger partial charge in [-0.15, -0.1) is 0 Å². The van der Waals surface area contributed by atoms with Gasteiger partial charge in [0, 0.05) is 0 Å². The van der Waals surface area contributed by atoms with Gasteiger partial charge in [-0.2, -0.15) is 0 Å². The van der Waals surface area contributed by atoms with Crippen molar-refractivity contribution in [2.24, 2.45) is 5.92 Å². The molecule has 1 unspecified atom stereocenters. The van der Waals surface area contributed by atoms with E-state index in [9.17, 15) is 8.42 Å². The molecule has 1 heterocycles. The molecule has 0 aliphatic carbocycles. The number of hydrogen-bond acceptors (Lipinski definition) is 3. The predicted molar refractivity (Wildman–Crippen MR) is 54.5 cm³/mol. The molecule has 0 aromatic rings. The summed E-state index contributed by atoms with van der Waals surface area (Å²) in [4.78, 5) is 0. The highest BCUT2D eigenvalue weighted by Crippen LogP contribution is 2.22. The minimum absolute atomic E-state index is 0.412. The van der Waals surface area contributed by atoms with E-state index in [2.05, 4.69) is 5.32 Å². The lowest BCUT2D eigenvalue weighted by Crippen LogP contribution is -2.25. The summed E-state index contributed by atoms with van der Waals surface area (Å²) in [5, 5.41) is 3.08. The summed E-state index contributed by atoms with van der Waals surface area (Å²) in [5.41, 5.74) is 0. The van der Waals surface area contributed by atoms with Crippen molar-refractivity contribution in [2.75, 3.05) is 25.1 Å².